The third-order valence-electron chi connectivity index (χ3n) is 6.58. The number of amides is 1. The Morgan fingerprint density at radius 1 is 1.12 bits per heavy atom. The van der Waals surface area contributed by atoms with E-state index in [9.17, 15) is 18.0 Å². The van der Waals surface area contributed by atoms with Gasteiger partial charge in [-0.3, -0.25) is 14.7 Å². The lowest BCUT2D eigenvalue weighted by atomic mass is 9.84. The van der Waals surface area contributed by atoms with Gasteiger partial charge >= 0.3 is 6.18 Å². The van der Waals surface area contributed by atoms with Crippen LogP contribution in [0.1, 0.15) is 60.4 Å². The Hall–Kier alpha value is -2.61. The Kier molecular flexibility index (Phi) is 7.22. The molecule has 0 bridgehead atoms. The van der Waals surface area contributed by atoms with E-state index in [1.54, 1.807) is 7.05 Å². The lowest BCUT2D eigenvalue weighted by Gasteiger charge is -2.38. The molecule has 4 rings (SSSR count). The monoisotopic (exact) mass is 461 g/mol. The average molecular weight is 462 g/mol. The maximum atomic E-state index is 13.7. The number of hydrogen-bond donors (Lipinski definition) is 1. The second-order valence-corrected chi connectivity index (χ2v) is 9.05. The molecule has 1 aliphatic heterocycles. The van der Waals surface area contributed by atoms with Crippen molar-refractivity contribution in [2.45, 2.75) is 57.3 Å². The van der Waals surface area contributed by atoms with Crippen LogP contribution in [0.2, 0.25) is 0 Å². The fourth-order valence-electron chi connectivity index (χ4n) is 4.71. The van der Waals surface area contributed by atoms with Crippen LogP contribution in [0.25, 0.3) is 0 Å². The lowest BCUT2D eigenvalue weighted by Crippen LogP contribution is -2.52. The second-order valence-electron chi connectivity index (χ2n) is 9.05. The van der Waals surface area contributed by atoms with E-state index in [0.717, 1.165) is 57.3 Å². The van der Waals surface area contributed by atoms with Gasteiger partial charge in [-0.05, 0) is 36.6 Å². The Bertz CT molecular complexity index is 950. The number of benzene rings is 1. The number of carbonyl (C=O) groups excluding carboxylic acids is 1. The molecule has 0 radical (unpaired) electrons. The molecule has 0 unspecified atom stereocenters. The first-order valence-corrected chi connectivity index (χ1v) is 11.5. The van der Waals surface area contributed by atoms with Gasteiger partial charge in [-0.2, -0.15) is 13.2 Å². The van der Waals surface area contributed by atoms with E-state index in [1.165, 1.54) is 12.3 Å². The van der Waals surface area contributed by atoms with Crippen LogP contribution < -0.4 is 10.1 Å². The standard InChI is InChI=1S/C25H30F3N3O2/c1-29-24(32)20-14-31(15-20)13-17-7-9-21(10-8-17)33-16-18-11-22(25(26,27)28)23(30-12-18)19-5-3-2-4-6-19/h7-12,19-20H,2-6,13-16H2,1H3,(H,29,32). The van der Waals surface area contributed by atoms with Crippen LogP contribution in [0.5, 0.6) is 5.75 Å². The molecule has 1 aromatic heterocycles. The van der Waals surface area contributed by atoms with Gasteiger partial charge in [0.1, 0.15) is 12.4 Å². The molecule has 2 fully saturated rings. The van der Waals surface area contributed by atoms with Gasteiger partial charge in [0.15, 0.2) is 0 Å². The summed E-state index contributed by atoms with van der Waals surface area (Å²) < 4.78 is 46.9. The summed E-state index contributed by atoms with van der Waals surface area (Å²) in [4.78, 5) is 18.0. The minimum absolute atomic E-state index is 0.0281. The van der Waals surface area contributed by atoms with Gasteiger partial charge in [0.2, 0.25) is 5.91 Å². The highest BCUT2D eigenvalue weighted by Crippen LogP contribution is 2.40. The van der Waals surface area contributed by atoms with Crippen LogP contribution in [0, 0.1) is 5.92 Å². The molecule has 5 nitrogen and oxygen atoms in total. The number of carbonyl (C=O) groups is 1. The van der Waals surface area contributed by atoms with Crippen molar-refractivity contribution in [1.29, 1.82) is 0 Å². The highest BCUT2D eigenvalue weighted by molar-refractivity contribution is 5.79. The number of likely N-dealkylation sites (tertiary alicyclic amines) is 1. The van der Waals surface area contributed by atoms with E-state index in [2.05, 4.69) is 15.2 Å². The number of alkyl halides is 3. The number of ether oxygens (including phenoxy) is 1. The maximum absolute atomic E-state index is 13.7. The number of hydrogen-bond acceptors (Lipinski definition) is 4. The van der Waals surface area contributed by atoms with Gasteiger partial charge in [-0.15, -0.1) is 0 Å². The number of halogens is 3. The van der Waals surface area contributed by atoms with Crippen LogP contribution in [-0.4, -0.2) is 35.9 Å². The molecule has 8 heteroatoms. The minimum atomic E-state index is -4.43. The minimum Gasteiger partial charge on any atom is -0.489 e. The molecule has 33 heavy (non-hydrogen) atoms. The quantitative estimate of drug-likeness (QED) is 0.637. The van der Waals surface area contributed by atoms with Gasteiger partial charge in [-0.25, -0.2) is 0 Å². The number of rotatable bonds is 7. The smallest absolute Gasteiger partial charge is 0.418 e. The van der Waals surface area contributed by atoms with Crippen molar-refractivity contribution in [3.63, 3.8) is 0 Å². The SMILES string of the molecule is CNC(=O)C1CN(Cc2ccc(OCc3cnc(C4CCCCC4)c(C(F)(F)F)c3)cc2)C1. The number of nitrogens with zero attached hydrogens (tertiary/aromatic N) is 2. The maximum Gasteiger partial charge on any atom is 0.418 e. The topological polar surface area (TPSA) is 54.5 Å². The first-order chi connectivity index (χ1) is 15.8. The summed E-state index contributed by atoms with van der Waals surface area (Å²) in [5, 5.41) is 2.67. The van der Waals surface area contributed by atoms with Gasteiger partial charge in [-0.1, -0.05) is 31.4 Å². The van der Waals surface area contributed by atoms with E-state index in [-0.39, 0.29) is 30.0 Å². The van der Waals surface area contributed by atoms with Gasteiger partial charge in [0.25, 0.3) is 0 Å². The first-order valence-electron chi connectivity index (χ1n) is 11.5. The predicted molar refractivity (Wildman–Crippen MR) is 119 cm³/mol. The summed E-state index contributed by atoms with van der Waals surface area (Å²) in [5.41, 5.74) is 1.05. The Balaban J connectivity index is 1.34. The zero-order chi connectivity index (χ0) is 23.4. The van der Waals surface area contributed by atoms with Crippen molar-refractivity contribution in [3.8, 4) is 5.75 Å². The normalized spacial score (nSPS) is 18.1. The average Bonchev–Trinajstić information content (AvgIpc) is 2.80. The summed E-state index contributed by atoms with van der Waals surface area (Å²) in [6, 6.07) is 8.71. The molecule has 1 aliphatic carbocycles. The van der Waals surface area contributed by atoms with Crippen molar-refractivity contribution < 1.29 is 22.7 Å². The molecule has 178 valence electrons. The third kappa shape index (κ3) is 5.85. The fraction of sp³-hybridized carbons (Fsp3) is 0.520. The van der Waals surface area contributed by atoms with Crippen LogP contribution in [-0.2, 0) is 24.1 Å². The largest absolute Gasteiger partial charge is 0.489 e. The van der Waals surface area contributed by atoms with Gasteiger partial charge in [0, 0.05) is 44.4 Å². The van der Waals surface area contributed by atoms with Gasteiger partial charge in [0.05, 0.1) is 17.2 Å². The number of aromatic nitrogens is 1. The summed E-state index contributed by atoms with van der Waals surface area (Å²) in [6.45, 7) is 2.25. The molecule has 2 aliphatic rings. The van der Waals surface area contributed by atoms with E-state index < -0.39 is 11.7 Å². The van der Waals surface area contributed by atoms with E-state index in [4.69, 9.17) is 4.74 Å². The predicted octanol–water partition coefficient (Wildman–Crippen LogP) is 4.90. The molecule has 1 saturated carbocycles. The molecule has 1 aromatic carbocycles. The molecule has 0 atom stereocenters. The summed E-state index contributed by atoms with van der Waals surface area (Å²) in [5.74, 6) is 0.605. The van der Waals surface area contributed by atoms with Crippen molar-refractivity contribution in [2.75, 3.05) is 20.1 Å². The molecular formula is C25H30F3N3O2. The Morgan fingerprint density at radius 3 is 2.45 bits per heavy atom. The highest BCUT2D eigenvalue weighted by Gasteiger charge is 2.37. The first kappa shape index (κ1) is 23.5. The van der Waals surface area contributed by atoms with E-state index in [0.29, 0.717) is 11.3 Å². The van der Waals surface area contributed by atoms with Gasteiger partial charge < -0.3 is 10.1 Å². The summed E-state index contributed by atoms with van der Waals surface area (Å²) in [7, 11) is 1.65. The number of pyridine rings is 1. The van der Waals surface area contributed by atoms with Crippen molar-refractivity contribution >= 4 is 5.91 Å². The molecule has 0 spiro atoms. The molecular weight excluding hydrogens is 431 g/mol. The van der Waals surface area contributed by atoms with Crippen LogP contribution in [0.4, 0.5) is 13.2 Å². The zero-order valence-electron chi connectivity index (χ0n) is 18.8. The van der Waals surface area contributed by atoms with Crippen molar-refractivity contribution in [3.05, 3.63) is 58.9 Å². The molecule has 1 N–H and O–H groups in total. The lowest BCUT2D eigenvalue weighted by molar-refractivity contribution is -0.138. The van der Waals surface area contributed by atoms with Crippen LogP contribution in [0.15, 0.2) is 36.5 Å². The van der Waals surface area contributed by atoms with Crippen LogP contribution in [0.3, 0.4) is 0 Å². The summed E-state index contributed by atoms with van der Waals surface area (Å²) >= 11 is 0. The van der Waals surface area contributed by atoms with E-state index in [1.807, 2.05) is 24.3 Å². The zero-order valence-corrected chi connectivity index (χ0v) is 18.8. The third-order valence-corrected chi connectivity index (χ3v) is 6.58. The highest BCUT2D eigenvalue weighted by atomic mass is 19.4. The number of nitrogens with one attached hydrogen (secondary N) is 1. The van der Waals surface area contributed by atoms with Crippen molar-refractivity contribution in [1.82, 2.24) is 15.2 Å². The Morgan fingerprint density at radius 2 is 1.82 bits per heavy atom. The molecule has 2 heterocycles. The van der Waals surface area contributed by atoms with Crippen molar-refractivity contribution in [2.24, 2.45) is 5.92 Å². The summed E-state index contributed by atoms with van der Waals surface area (Å²) in [6.07, 6.45) is 1.61. The van der Waals surface area contributed by atoms with Crippen LogP contribution >= 0.6 is 0 Å². The second kappa shape index (κ2) is 10.1. The molecule has 1 amide bonds. The van der Waals surface area contributed by atoms with E-state index >= 15 is 0 Å². The molecule has 1 saturated heterocycles. The molecule has 2 aromatic rings. The Labute approximate surface area is 192 Å². The fourth-order valence-corrected chi connectivity index (χ4v) is 4.71.